The average molecular weight is 722 g/mol. The van der Waals surface area contributed by atoms with Crippen molar-refractivity contribution >= 4 is 51.2 Å². The number of aliphatic imine (C=N–C) groups is 1. The Bertz CT molecular complexity index is 1860. The van der Waals surface area contributed by atoms with Crippen LogP contribution >= 0.6 is 22.9 Å². The van der Waals surface area contributed by atoms with E-state index in [9.17, 15) is 19.7 Å². The third kappa shape index (κ3) is 5.79. The van der Waals surface area contributed by atoms with Crippen molar-refractivity contribution in [3.8, 4) is 18.1 Å². The summed E-state index contributed by atoms with van der Waals surface area (Å²) in [4.78, 5) is 35.6. The third-order valence-electron chi connectivity index (χ3n) is 10.8. The van der Waals surface area contributed by atoms with E-state index in [2.05, 4.69) is 26.9 Å². The minimum atomic E-state index is -0.909. The summed E-state index contributed by atoms with van der Waals surface area (Å²) >= 11 is 8.18. The normalized spacial score (nSPS) is 24.7. The minimum Gasteiger partial charge on any atom is -0.461 e. The molecule has 16 heteroatoms. The number of amides is 1. The summed E-state index contributed by atoms with van der Waals surface area (Å²) in [5.41, 5.74) is 13.9. The zero-order chi connectivity index (χ0) is 35.4. The van der Waals surface area contributed by atoms with E-state index in [0.717, 1.165) is 49.1 Å². The van der Waals surface area contributed by atoms with Gasteiger partial charge in [-0.1, -0.05) is 11.6 Å². The third-order valence-corrected chi connectivity index (χ3v) is 12.3. The molecule has 264 valence electrons. The number of fused-ring (bicyclic) bond motifs is 3. The molecule has 3 fully saturated rings. The van der Waals surface area contributed by atoms with Crippen LogP contribution in [0.15, 0.2) is 15.7 Å². The zero-order valence-electron chi connectivity index (χ0n) is 28.3. The molecule has 2 atom stereocenters. The molecule has 1 amide bonds. The summed E-state index contributed by atoms with van der Waals surface area (Å²) in [6.07, 6.45) is 4.70. The Morgan fingerprint density at radius 1 is 1.12 bits per heavy atom. The highest BCUT2D eigenvalue weighted by molar-refractivity contribution is 7.16. The Labute approximate surface area is 299 Å². The first-order valence-corrected chi connectivity index (χ1v) is 18.2. The van der Waals surface area contributed by atoms with Gasteiger partial charge in [0.1, 0.15) is 41.2 Å². The Balaban J connectivity index is 1.25. The topological polar surface area (TPSA) is 177 Å². The first-order valence-electron chi connectivity index (χ1n) is 17.1. The number of anilines is 3. The highest BCUT2D eigenvalue weighted by Crippen LogP contribution is 2.51. The maximum atomic E-state index is 14.6. The molecule has 50 heavy (non-hydrogen) atoms. The van der Waals surface area contributed by atoms with Crippen molar-refractivity contribution in [3.63, 3.8) is 0 Å². The van der Waals surface area contributed by atoms with Crippen LogP contribution in [0.1, 0.15) is 60.1 Å². The summed E-state index contributed by atoms with van der Waals surface area (Å²) in [6, 6.07) is 4.82. The van der Waals surface area contributed by atoms with Gasteiger partial charge in [-0.25, -0.2) is 4.39 Å². The Morgan fingerprint density at radius 3 is 2.58 bits per heavy atom. The first-order chi connectivity index (χ1) is 24.0. The van der Waals surface area contributed by atoms with Crippen LogP contribution in [0, 0.1) is 22.7 Å². The average Bonchev–Trinajstić information content (AvgIpc) is 3.65. The van der Waals surface area contributed by atoms with Crippen LogP contribution in [0.4, 0.5) is 21.0 Å². The molecule has 1 spiro atoms. The van der Waals surface area contributed by atoms with E-state index in [1.165, 1.54) is 16.2 Å². The largest absolute Gasteiger partial charge is 0.461 e. The van der Waals surface area contributed by atoms with Gasteiger partial charge in [-0.3, -0.25) is 14.7 Å². The molecule has 4 aliphatic heterocycles. The molecule has 3 saturated heterocycles. The summed E-state index contributed by atoms with van der Waals surface area (Å²) in [6.45, 7) is 3.66. The number of nitrogens with zero attached hydrogens (tertiary/aromatic N) is 9. The van der Waals surface area contributed by atoms with E-state index in [1.54, 1.807) is 14.1 Å². The smallest absolute Gasteiger partial charge is 0.320 e. The maximum Gasteiger partial charge on any atom is 0.320 e. The number of nitrogen functional groups attached to an aromatic ring is 1. The van der Waals surface area contributed by atoms with E-state index < -0.39 is 17.6 Å². The molecule has 0 saturated carbocycles. The fourth-order valence-electron chi connectivity index (χ4n) is 8.49. The number of hydrogen-bond acceptors (Lipinski definition) is 13. The van der Waals surface area contributed by atoms with Crippen molar-refractivity contribution in [2.45, 2.75) is 62.1 Å². The number of aryl methyl sites for hydroxylation is 1. The summed E-state index contributed by atoms with van der Waals surface area (Å²) in [7, 11) is 3.19. The van der Waals surface area contributed by atoms with Gasteiger partial charge < -0.3 is 30.9 Å². The summed E-state index contributed by atoms with van der Waals surface area (Å²) in [5.74, 6) is 0.370. The lowest BCUT2D eigenvalue weighted by Gasteiger charge is -2.53. The number of nitrogens with two attached hydrogens (primary N) is 2. The lowest BCUT2D eigenvalue weighted by Crippen LogP contribution is -2.61. The number of nitriles is 2. The predicted molar refractivity (Wildman–Crippen MR) is 190 cm³/mol. The molecule has 1 aliphatic carbocycles. The molecule has 5 aliphatic rings. The van der Waals surface area contributed by atoms with Gasteiger partial charge >= 0.3 is 6.01 Å². The molecule has 4 N–H and O–H groups in total. The van der Waals surface area contributed by atoms with Crippen molar-refractivity contribution < 1.29 is 13.9 Å². The standard InChI is InChI=1S/C34H41ClFN11O2S/c1-44(2)31(48)27(39)26(35)23-16-45(10-5-9-41-23)29-22(14-38)30(43-32(42-29)49-19-34-8-4-11-47(34)15-20(36)12-34)46-17-33(18-46)7-3-6-24-25(33)21(13-37)28(40)50-24/h20H,3-12,15-19,39-40H2,1-2H3/b27-26+/t20-,34+/m1/s1. The number of halogens is 2. The molecule has 0 unspecified atom stereocenters. The molecular weight excluding hydrogens is 681 g/mol. The Hall–Kier alpha value is -4.18. The second-order valence-corrected chi connectivity index (χ2v) is 15.8. The fourth-order valence-corrected chi connectivity index (χ4v) is 9.87. The van der Waals surface area contributed by atoms with Crippen LogP contribution in [-0.4, -0.2) is 110 Å². The molecule has 0 aromatic carbocycles. The van der Waals surface area contributed by atoms with Crippen molar-refractivity contribution in [3.05, 3.63) is 32.3 Å². The van der Waals surface area contributed by atoms with Gasteiger partial charge in [0.2, 0.25) is 0 Å². The predicted octanol–water partition coefficient (Wildman–Crippen LogP) is 3.06. The molecule has 2 aromatic heterocycles. The van der Waals surface area contributed by atoms with Crippen molar-refractivity contribution in [2.75, 3.05) is 82.0 Å². The van der Waals surface area contributed by atoms with Crippen molar-refractivity contribution in [1.82, 2.24) is 19.8 Å². The van der Waals surface area contributed by atoms with Crippen LogP contribution in [0.3, 0.4) is 0 Å². The van der Waals surface area contributed by atoms with Gasteiger partial charge in [0.15, 0.2) is 11.6 Å². The van der Waals surface area contributed by atoms with E-state index in [0.29, 0.717) is 73.5 Å². The monoisotopic (exact) mass is 721 g/mol. The van der Waals surface area contributed by atoms with Gasteiger partial charge in [0, 0.05) is 63.5 Å². The number of likely N-dealkylation sites (N-methyl/N-ethyl adjacent to an activating group) is 1. The number of rotatable bonds is 7. The van der Waals surface area contributed by atoms with Crippen LogP contribution < -0.4 is 26.0 Å². The van der Waals surface area contributed by atoms with Crippen LogP contribution in [-0.2, 0) is 16.6 Å². The zero-order valence-corrected chi connectivity index (χ0v) is 29.9. The van der Waals surface area contributed by atoms with Gasteiger partial charge in [0.25, 0.3) is 5.91 Å². The van der Waals surface area contributed by atoms with E-state index >= 15 is 0 Å². The number of aromatic nitrogens is 2. The molecule has 0 bridgehead atoms. The van der Waals surface area contributed by atoms with Crippen LogP contribution in [0.5, 0.6) is 6.01 Å². The number of alkyl halides is 1. The molecule has 13 nitrogen and oxygen atoms in total. The van der Waals surface area contributed by atoms with Crippen molar-refractivity contribution in [1.29, 1.82) is 10.5 Å². The molecule has 2 aromatic rings. The summed E-state index contributed by atoms with van der Waals surface area (Å²) < 4.78 is 21.0. The SMILES string of the molecule is CN(C)C(=O)/C(N)=C(\Cl)C1=NCCCN(c2nc(OC[C@@]34CCCN3C[C@H](F)C4)nc(N3CC4(CCCc5sc(N)c(C#N)c54)C3)c2C#N)C1. The van der Waals surface area contributed by atoms with Crippen LogP contribution in [0.2, 0.25) is 0 Å². The highest BCUT2D eigenvalue weighted by atomic mass is 35.5. The number of thiophene rings is 1. The highest BCUT2D eigenvalue weighted by Gasteiger charge is 2.52. The van der Waals surface area contributed by atoms with Gasteiger partial charge in [-0.2, -0.15) is 20.5 Å². The van der Waals surface area contributed by atoms with Crippen LogP contribution in [0.25, 0.3) is 0 Å². The molecule has 0 radical (unpaired) electrons. The van der Waals surface area contributed by atoms with Gasteiger partial charge in [0.05, 0.1) is 28.4 Å². The second kappa shape index (κ2) is 13.2. The summed E-state index contributed by atoms with van der Waals surface area (Å²) in [5, 5.41) is 21.3. The number of ether oxygens (including phenoxy) is 1. The maximum absolute atomic E-state index is 14.6. The quantitative estimate of drug-likeness (QED) is 0.402. The second-order valence-electron chi connectivity index (χ2n) is 14.3. The molecule has 7 rings (SSSR count). The lowest BCUT2D eigenvalue weighted by atomic mass is 9.66. The fraction of sp³-hybridized carbons (Fsp3) is 0.588. The van der Waals surface area contributed by atoms with Gasteiger partial charge in [-0.15, -0.1) is 11.3 Å². The molecular formula is C34H41ClFN11O2S. The van der Waals surface area contributed by atoms with E-state index in [1.807, 2.05) is 4.90 Å². The lowest BCUT2D eigenvalue weighted by molar-refractivity contribution is -0.124. The number of carbonyl (C=O) groups is 1. The Kier molecular flexibility index (Phi) is 9.03. The van der Waals surface area contributed by atoms with E-state index in [4.69, 9.17) is 37.8 Å². The first kappa shape index (κ1) is 34.3. The number of hydrogen-bond donors (Lipinski definition) is 2. The van der Waals surface area contributed by atoms with Crippen molar-refractivity contribution in [2.24, 2.45) is 10.7 Å². The van der Waals surface area contributed by atoms with E-state index in [-0.39, 0.29) is 40.9 Å². The Morgan fingerprint density at radius 2 is 1.86 bits per heavy atom. The van der Waals surface area contributed by atoms with Gasteiger partial charge in [-0.05, 0) is 50.6 Å². The molecule has 6 heterocycles. The number of carbonyl (C=O) groups excluding carboxylic acids is 1. The minimum absolute atomic E-state index is 0.0587.